The molecule has 0 fully saturated rings. The second kappa shape index (κ2) is 5.36. The first-order valence-corrected chi connectivity index (χ1v) is 5.96. The minimum absolute atomic E-state index is 0.567. The van der Waals surface area contributed by atoms with Gasteiger partial charge in [0.1, 0.15) is 0 Å². The number of hydrogen-bond donors (Lipinski definition) is 0. The molecule has 0 spiro atoms. The van der Waals surface area contributed by atoms with Crippen molar-refractivity contribution >= 4 is 16.5 Å². The molecule has 2 heteroatoms. The molecule has 17 heavy (non-hydrogen) atoms. The Morgan fingerprint density at radius 3 is 2.65 bits per heavy atom. The highest BCUT2D eigenvalue weighted by atomic mass is 15.1. The Kier molecular flexibility index (Phi) is 3.62. The summed E-state index contributed by atoms with van der Waals surface area (Å²) in [7, 11) is 0. The highest BCUT2D eigenvalue weighted by Gasteiger charge is 2.07. The first-order valence-electron chi connectivity index (χ1n) is 5.96. The van der Waals surface area contributed by atoms with Crippen LogP contribution in [0.25, 0.3) is 10.8 Å². The van der Waals surface area contributed by atoms with Crippen molar-refractivity contribution in [2.24, 2.45) is 0 Å². The molecule has 0 saturated carbocycles. The smallest absolute Gasteiger partial charge is 0.0640 e. The molecule has 0 radical (unpaired) electrons. The summed E-state index contributed by atoms with van der Waals surface area (Å²) in [4.78, 5) is 2.26. The van der Waals surface area contributed by atoms with Gasteiger partial charge in [-0.25, -0.2) is 0 Å². The lowest BCUT2D eigenvalue weighted by molar-refractivity contribution is 0.831. The van der Waals surface area contributed by atoms with E-state index in [2.05, 4.69) is 60.4 Å². The van der Waals surface area contributed by atoms with Gasteiger partial charge in [0.15, 0.2) is 0 Å². The Morgan fingerprint density at radius 2 is 1.88 bits per heavy atom. The number of hydrogen-bond acceptors (Lipinski definition) is 2. The summed E-state index contributed by atoms with van der Waals surface area (Å²) in [5.41, 5.74) is 1.22. The first kappa shape index (κ1) is 11.5. The van der Waals surface area contributed by atoms with Gasteiger partial charge in [0.05, 0.1) is 12.5 Å². The van der Waals surface area contributed by atoms with Crippen LogP contribution >= 0.6 is 0 Å². The number of nitriles is 1. The fraction of sp³-hybridized carbons (Fsp3) is 0.267. The van der Waals surface area contributed by atoms with Crippen LogP contribution in [0, 0.1) is 11.3 Å². The maximum atomic E-state index is 8.69. The Morgan fingerprint density at radius 1 is 1.12 bits per heavy atom. The highest BCUT2D eigenvalue weighted by molar-refractivity contribution is 5.94. The van der Waals surface area contributed by atoms with E-state index in [1.807, 2.05) is 0 Å². The van der Waals surface area contributed by atoms with Crippen molar-refractivity contribution in [1.82, 2.24) is 0 Å². The third-order valence-electron chi connectivity index (χ3n) is 2.98. The molecule has 0 unspecified atom stereocenters. The summed E-state index contributed by atoms with van der Waals surface area (Å²) >= 11 is 0. The minimum Gasteiger partial charge on any atom is -0.370 e. The van der Waals surface area contributed by atoms with Crippen molar-refractivity contribution in [1.29, 1.82) is 5.26 Å². The predicted octanol–water partition coefficient (Wildman–Crippen LogP) is 3.58. The SMILES string of the molecule is CCN(CCC#N)c1cccc2ccccc12. The van der Waals surface area contributed by atoms with Gasteiger partial charge in [-0.3, -0.25) is 0 Å². The van der Waals surface area contributed by atoms with E-state index in [9.17, 15) is 0 Å². The van der Waals surface area contributed by atoms with Gasteiger partial charge in [-0.05, 0) is 18.4 Å². The van der Waals surface area contributed by atoms with Crippen LogP contribution in [0.3, 0.4) is 0 Å². The number of nitrogens with zero attached hydrogens (tertiary/aromatic N) is 2. The monoisotopic (exact) mass is 224 g/mol. The lowest BCUT2D eigenvalue weighted by Crippen LogP contribution is -2.23. The summed E-state index contributed by atoms with van der Waals surface area (Å²) in [6.07, 6.45) is 0.567. The zero-order chi connectivity index (χ0) is 12.1. The standard InChI is InChI=1S/C15H16N2/c1-2-17(12-6-11-16)15-10-5-8-13-7-3-4-9-14(13)15/h3-5,7-10H,2,6,12H2,1H3. The third kappa shape index (κ3) is 2.39. The molecule has 0 aliphatic carbocycles. The molecule has 0 saturated heterocycles. The average molecular weight is 224 g/mol. The zero-order valence-corrected chi connectivity index (χ0v) is 10.1. The second-order valence-corrected chi connectivity index (χ2v) is 3.99. The summed E-state index contributed by atoms with van der Waals surface area (Å²) in [6, 6.07) is 16.9. The lowest BCUT2D eigenvalue weighted by atomic mass is 10.1. The number of anilines is 1. The van der Waals surface area contributed by atoms with Crippen LogP contribution in [0.15, 0.2) is 42.5 Å². The van der Waals surface area contributed by atoms with Gasteiger partial charge in [-0.1, -0.05) is 36.4 Å². The average Bonchev–Trinajstić information content (AvgIpc) is 2.40. The molecule has 2 rings (SSSR count). The maximum Gasteiger partial charge on any atom is 0.0640 e. The summed E-state index contributed by atoms with van der Waals surface area (Å²) in [5.74, 6) is 0. The molecule has 0 heterocycles. The minimum atomic E-state index is 0.567. The zero-order valence-electron chi connectivity index (χ0n) is 10.1. The summed E-state index contributed by atoms with van der Waals surface area (Å²) in [6.45, 7) is 3.84. The van der Waals surface area contributed by atoms with Crippen molar-refractivity contribution in [3.05, 3.63) is 42.5 Å². The number of fused-ring (bicyclic) bond motifs is 1. The van der Waals surface area contributed by atoms with Crippen LogP contribution < -0.4 is 4.90 Å². The molecule has 0 bridgehead atoms. The molecule has 2 nitrogen and oxygen atoms in total. The molecular formula is C15H16N2. The van der Waals surface area contributed by atoms with Crippen LogP contribution in [-0.2, 0) is 0 Å². The first-order chi connectivity index (χ1) is 8.36. The topological polar surface area (TPSA) is 27.0 Å². The lowest BCUT2D eigenvalue weighted by Gasteiger charge is -2.23. The van der Waals surface area contributed by atoms with E-state index in [0.29, 0.717) is 6.42 Å². The molecule has 86 valence electrons. The number of benzene rings is 2. The van der Waals surface area contributed by atoms with E-state index in [-0.39, 0.29) is 0 Å². The van der Waals surface area contributed by atoms with Gasteiger partial charge >= 0.3 is 0 Å². The van der Waals surface area contributed by atoms with Crippen LogP contribution in [0.4, 0.5) is 5.69 Å². The molecular weight excluding hydrogens is 208 g/mol. The Labute approximate surface area is 102 Å². The molecule has 0 atom stereocenters. The fourth-order valence-electron chi connectivity index (χ4n) is 2.12. The van der Waals surface area contributed by atoms with Gasteiger partial charge in [-0.15, -0.1) is 0 Å². The molecule has 2 aromatic carbocycles. The van der Waals surface area contributed by atoms with E-state index in [0.717, 1.165) is 13.1 Å². The Bertz CT molecular complexity index is 535. The third-order valence-corrected chi connectivity index (χ3v) is 2.98. The summed E-state index contributed by atoms with van der Waals surface area (Å²) in [5, 5.41) is 11.2. The van der Waals surface area contributed by atoms with Gasteiger partial charge in [0, 0.05) is 24.2 Å². The fourth-order valence-corrected chi connectivity index (χ4v) is 2.12. The molecule has 2 aromatic rings. The van der Waals surface area contributed by atoms with E-state index in [1.54, 1.807) is 0 Å². The van der Waals surface area contributed by atoms with Crippen LogP contribution in [-0.4, -0.2) is 13.1 Å². The largest absolute Gasteiger partial charge is 0.370 e. The maximum absolute atomic E-state index is 8.69. The van der Waals surface area contributed by atoms with Crippen molar-refractivity contribution in [3.8, 4) is 6.07 Å². The van der Waals surface area contributed by atoms with Gasteiger partial charge in [0.25, 0.3) is 0 Å². The molecule has 0 amide bonds. The van der Waals surface area contributed by atoms with E-state index < -0.39 is 0 Å². The van der Waals surface area contributed by atoms with E-state index >= 15 is 0 Å². The Hall–Kier alpha value is -2.01. The molecule has 0 aromatic heterocycles. The highest BCUT2D eigenvalue weighted by Crippen LogP contribution is 2.26. The van der Waals surface area contributed by atoms with Gasteiger partial charge in [-0.2, -0.15) is 5.26 Å². The van der Waals surface area contributed by atoms with Crippen LogP contribution in [0.1, 0.15) is 13.3 Å². The van der Waals surface area contributed by atoms with Gasteiger partial charge in [0.2, 0.25) is 0 Å². The van der Waals surface area contributed by atoms with Crippen molar-refractivity contribution in [3.63, 3.8) is 0 Å². The van der Waals surface area contributed by atoms with Gasteiger partial charge < -0.3 is 4.90 Å². The van der Waals surface area contributed by atoms with E-state index in [1.165, 1.54) is 16.5 Å². The van der Waals surface area contributed by atoms with Crippen LogP contribution in [0.2, 0.25) is 0 Å². The predicted molar refractivity (Wildman–Crippen MR) is 72.1 cm³/mol. The van der Waals surface area contributed by atoms with Crippen molar-refractivity contribution in [2.75, 3.05) is 18.0 Å². The Balaban J connectivity index is 2.43. The summed E-state index contributed by atoms with van der Waals surface area (Å²) < 4.78 is 0. The molecule has 0 N–H and O–H groups in total. The van der Waals surface area contributed by atoms with E-state index in [4.69, 9.17) is 5.26 Å². The van der Waals surface area contributed by atoms with Crippen molar-refractivity contribution < 1.29 is 0 Å². The molecule has 0 aliphatic rings. The van der Waals surface area contributed by atoms with Crippen molar-refractivity contribution in [2.45, 2.75) is 13.3 Å². The second-order valence-electron chi connectivity index (χ2n) is 3.99. The quantitative estimate of drug-likeness (QED) is 0.793. The normalized spacial score (nSPS) is 10.1. The number of rotatable bonds is 4. The van der Waals surface area contributed by atoms with Crippen LogP contribution in [0.5, 0.6) is 0 Å². The molecule has 0 aliphatic heterocycles.